The molecule has 7 nitrogen and oxygen atoms in total. The zero-order valence-electron chi connectivity index (χ0n) is 11.2. The Labute approximate surface area is 122 Å². The van der Waals surface area contributed by atoms with Gasteiger partial charge >= 0.3 is 0 Å². The van der Waals surface area contributed by atoms with Crippen LogP contribution in [0.2, 0.25) is 0 Å². The summed E-state index contributed by atoms with van der Waals surface area (Å²) in [6.45, 7) is 0.313. The number of piperidine rings is 1. The number of H-pyrrole nitrogens is 1. The van der Waals surface area contributed by atoms with E-state index < -0.39 is 10.0 Å². The zero-order valence-corrected chi connectivity index (χ0v) is 12.0. The molecular formula is C13H16N4O3S. The van der Waals surface area contributed by atoms with Gasteiger partial charge in [0.2, 0.25) is 15.9 Å². The summed E-state index contributed by atoms with van der Waals surface area (Å²) in [7, 11) is -3.65. The lowest BCUT2D eigenvalue weighted by atomic mass is 10.1. The lowest BCUT2D eigenvalue weighted by molar-refractivity contribution is -0.122. The van der Waals surface area contributed by atoms with Crippen molar-refractivity contribution in [2.45, 2.75) is 23.8 Å². The Balaban J connectivity index is 1.88. The number of carbonyl (C=O) groups excluding carboxylic acids is 1. The summed E-state index contributed by atoms with van der Waals surface area (Å²) >= 11 is 0. The van der Waals surface area contributed by atoms with Gasteiger partial charge in [-0.05, 0) is 24.6 Å². The van der Waals surface area contributed by atoms with Crippen molar-refractivity contribution in [1.82, 2.24) is 15.0 Å². The van der Waals surface area contributed by atoms with Crippen LogP contribution in [0.1, 0.15) is 12.8 Å². The quantitative estimate of drug-likeness (QED) is 0.610. The molecule has 5 N–H and O–H groups in total. The highest BCUT2D eigenvalue weighted by Gasteiger charge is 2.26. The van der Waals surface area contributed by atoms with E-state index in [2.05, 4.69) is 15.0 Å². The number of carbonyl (C=O) groups is 1. The maximum Gasteiger partial charge on any atom is 0.243 e. The number of aromatic nitrogens is 1. The van der Waals surface area contributed by atoms with Crippen LogP contribution in [0.25, 0.3) is 10.9 Å². The Morgan fingerprint density at radius 3 is 2.86 bits per heavy atom. The fraction of sp³-hybridized carbons (Fsp3) is 0.308. The molecule has 1 aromatic carbocycles. The first kappa shape index (κ1) is 13.9. The molecular weight excluding hydrogens is 292 g/mol. The predicted molar refractivity (Wildman–Crippen MR) is 79.1 cm³/mol. The monoisotopic (exact) mass is 308 g/mol. The molecule has 1 atom stereocenters. The van der Waals surface area contributed by atoms with E-state index in [-0.39, 0.29) is 16.8 Å². The molecule has 1 aliphatic rings. The fourth-order valence-corrected chi connectivity index (χ4v) is 3.90. The van der Waals surface area contributed by atoms with Crippen LogP contribution in [0, 0.1) is 0 Å². The molecule has 3 rings (SSSR count). The maximum absolute atomic E-state index is 12.5. The summed E-state index contributed by atoms with van der Waals surface area (Å²) in [4.78, 5) is 14.2. The number of sulfonamides is 1. The van der Waals surface area contributed by atoms with Crippen LogP contribution < -0.4 is 15.8 Å². The van der Waals surface area contributed by atoms with E-state index >= 15 is 0 Å². The maximum atomic E-state index is 12.5. The summed E-state index contributed by atoms with van der Waals surface area (Å²) in [6.07, 6.45) is 2.28. The number of anilines is 1. The van der Waals surface area contributed by atoms with Gasteiger partial charge in [-0.25, -0.2) is 13.1 Å². The van der Waals surface area contributed by atoms with Crippen LogP contribution in [0.5, 0.6) is 0 Å². The predicted octanol–water partition coefficient (Wildman–Crippen LogP) is 0.307. The number of fused-ring (bicyclic) bond motifs is 1. The Kier molecular flexibility index (Phi) is 3.34. The minimum absolute atomic E-state index is 0.0481. The number of nitrogens with one attached hydrogen (secondary N) is 3. The third kappa shape index (κ3) is 2.72. The van der Waals surface area contributed by atoms with Crippen LogP contribution in [0.4, 0.5) is 5.69 Å². The second kappa shape index (κ2) is 5.05. The topological polar surface area (TPSA) is 117 Å². The molecule has 1 aromatic heterocycles. The molecule has 0 radical (unpaired) electrons. The van der Waals surface area contributed by atoms with Gasteiger partial charge in [0.1, 0.15) is 4.90 Å². The minimum atomic E-state index is -3.65. The molecule has 2 heterocycles. The number of aromatic amines is 1. The van der Waals surface area contributed by atoms with Crippen molar-refractivity contribution in [3.05, 3.63) is 24.4 Å². The number of benzene rings is 1. The highest BCUT2D eigenvalue weighted by Crippen LogP contribution is 2.24. The summed E-state index contributed by atoms with van der Waals surface area (Å²) < 4.78 is 27.6. The van der Waals surface area contributed by atoms with Crippen LogP contribution in [0.15, 0.2) is 29.3 Å². The van der Waals surface area contributed by atoms with Gasteiger partial charge in [0.05, 0.1) is 0 Å². The molecule has 1 fully saturated rings. The largest absolute Gasteiger partial charge is 0.399 e. The molecule has 1 aliphatic heterocycles. The molecule has 0 saturated carbocycles. The van der Waals surface area contributed by atoms with E-state index in [1.807, 2.05) is 0 Å². The first-order chi connectivity index (χ1) is 9.95. The van der Waals surface area contributed by atoms with Gasteiger partial charge in [-0.3, -0.25) is 4.79 Å². The molecule has 0 aliphatic carbocycles. The van der Waals surface area contributed by atoms with E-state index in [0.29, 0.717) is 36.0 Å². The number of amides is 1. The number of hydrogen-bond donors (Lipinski definition) is 4. The van der Waals surface area contributed by atoms with Crippen LogP contribution in [0.3, 0.4) is 0 Å². The van der Waals surface area contributed by atoms with E-state index in [9.17, 15) is 13.2 Å². The van der Waals surface area contributed by atoms with Gasteiger partial charge < -0.3 is 16.0 Å². The third-order valence-electron chi connectivity index (χ3n) is 3.54. The lowest BCUT2D eigenvalue weighted by Crippen LogP contribution is -2.47. The van der Waals surface area contributed by atoms with Gasteiger partial charge in [-0.1, -0.05) is 0 Å². The SMILES string of the molecule is Nc1ccc2c(S(=O)(=O)NC3CCC(=O)NC3)c[nH]c2c1. The van der Waals surface area contributed by atoms with E-state index in [1.165, 1.54) is 6.20 Å². The molecule has 2 aromatic rings. The highest BCUT2D eigenvalue weighted by molar-refractivity contribution is 7.89. The van der Waals surface area contributed by atoms with Crippen LogP contribution in [-0.2, 0) is 14.8 Å². The van der Waals surface area contributed by atoms with Gasteiger partial charge in [0.15, 0.2) is 0 Å². The van der Waals surface area contributed by atoms with Crippen molar-refractivity contribution in [2.75, 3.05) is 12.3 Å². The summed E-state index contributed by atoms with van der Waals surface area (Å²) in [5.41, 5.74) is 6.92. The smallest absolute Gasteiger partial charge is 0.243 e. The second-order valence-corrected chi connectivity index (χ2v) is 6.80. The number of nitrogen functional groups attached to an aromatic ring is 1. The first-order valence-corrected chi connectivity index (χ1v) is 8.10. The van der Waals surface area contributed by atoms with Gasteiger partial charge in [0, 0.05) is 41.8 Å². The minimum Gasteiger partial charge on any atom is -0.399 e. The van der Waals surface area contributed by atoms with Gasteiger partial charge in [0.25, 0.3) is 0 Å². The van der Waals surface area contributed by atoms with Crippen LogP contribution >= 0.6 is 0 Å². The summed E-state index contributed by atoms with van der Waals surface area (Å²) in [5, 5.41) is 3.25. The lowest BCUT2D eigenvalue weighted by Gasteiger charge is -2.23. The summed E-state index contributed by atoms with van der Waals surface area (Å²) in [6, 6.07) is 4.75. The Hall–Kier alpha value is -2.06. The Morgan fingerprint density at radius 1 is 1.33 bits per heavy atom. The average molecular weight is 308 g/mol. The van der Waals surface area contributed by atoms with Gasteiger partial charge in [-0.15, -0.1) is 0 Å². The molecule has 21 heavy (non-hydrogen) atoms. The molecule has 0 spiro atoms. The molecule has 0 bridgehead atoms. The number of rotatable bonds is 3. The van der Waals surface area contributed by atoms with E-state index in [4.69, 9.17) is 5.73 Å². The average Bonchev–Trinajstić information content (AvgIpc) is 2.85. The molecule has 1 unspecified atom stereocenters. The molecule has 8 heteroatoms. The second-order valence-electron chi connectivity index (χ2n) is 5.12. The summed E-state index contributed by atoms with van der Waals surface area (Å²) in [5.74, 6) is -0.0481. The fourth-order valence-electron chi connectivity index (χ4n) is 2.46. The van der Waals surface area contributed by atoms with E-state index in [0.717, 1.165) is 0 Å². The first-order valence-electron chi connectivity index (χ1n) is 6.61. The van der Waals surface area contributed by atoms with Crippen molar-refractivity contribution < 1.29 is 13.2 Å². The van der Waals surface area contributed by atoms with Crippen molar-refractivity contribution in [3.63, 3.8) is 0 Å². The zero-order chi connectivity index (χ0) is 15.0. The molecule has 112 valence electrons. The van der Waals surface area contributed by atoms with E-state index in [1.54, 1.807) is 18.2 Å². The number of nitrogens with two attached hydrogens (primary N) is 1. The standard InChI is InChI=1S/C13H16N4O3S/c14-8-1-3-10-11(5-8)15-7-12(10)21(19,20)17-9-2-4-13(18)16-6-9/h1,3,5,7,9,15,17H,2,4,6,14H2,(H,16,18). The molecule has 1 saturated heterocycles. The van der Waals surface area contributed by atoms with Crippen molar-refractivity contribution in [1.29, 1.82) is 0 Å². The number of hydrogen-bond acceptors (Lipinski definition) is 4. The Bertz CT molecular complexity index is 787. The third-order valence-corrected chi connectivity index (χ3v) is 5.11. The molecule has 1 amide bonds. The van der Waals surface area contributed by atoms with Crippen LogP contribution in [-0.4, -0.2) is 31.9 Å². The van der Waals surface area contributed by atoms with Gasteiger partial charge in [-0.2, -0.15) is 0 Å². The highest BCUT2D eigenvalue weighted by atomic mass is 32.2. The van der Waals surface area contributed by atoms with Crippen molar-refractivity contribution >= 4 is 32.5 Å². The van der Waals surface area contributed by atoms with Crippen molar-refractivity contribution in [2.24, 2.45) is 0 Å². The normalized spacial score (nSPS) is 19.6. The Morgan fingerprint density at radius 2 is 2.14 bits per heavy atom. The van der Waals surface area contributed by atoms with Crippen molar-refractivity contribution in [3.8, 4) is 0 Å².